The summed E-state index contributed by atoms with van der Waals surface area (Å²) in [6.07, 6.45) is -0.394. The predicted molar refractivity (Wildman–Crippen MR) is 137 cm³/mol. The molecule has 1 aromatic carbocycles. The quantitative estimate of drug-likeness (QED) is 0.222. The normalized spacial score (nSPS) is 16.1. The number of alkyl halides is 3. The first-order chi connectivity index (χ1) is 18.6. The van der Waals surface area contributed by atoms with E-state index in [1.807, 2.05) is 0 Å². The van der Waals surface area contributed by atoms with Crippen LogP contribution in [0.3, 0.4) is 0 Å². The molecular weight excluding hydrogens is 523 g/mol. The summed E-state index contributed by atoms with van der Waals surface area (Å²) in [5.41, 5.74) is -0.765. The Morgan fingerprint density at radius 2 is 1.97 bits per heavy atom. The maximum absolute atomic E-state index is 12.9. The minimum absolute atomic E-state index is 0.0314. The van der Waals surface area contributed by atoms with Crippen LogP contribution in [-0.2, 0) is 27.8 Å². The van der Waals surface area contributed by atoms with Gasteiger partial charge in [-0.25, -0.2) is 4.79 Å². The third-order valence-electron chi connectivity index (χ3n) is 5.74. The molecule has 0 saturated carbocycles. The molecule has 1 aliphatic heterocycles. The van der Waals surface area contributed by atoms with Crippen LogP contribution in [0.25, 0.3) is 0 Å². The van der Waals surface area contributed by atoms with Crippen LogP contribution in [0.4, 0.5) is 19.0 Å². The minimum Gasteiger partial charge on any atom is -0.490 e. The molecule has 1 fully saturated rings. The number of benzene rings is 1. The number of aromatic nitrogens is 2. The molecule has 2 aromatic rings. The molecule has 1 aliphatic rings. The van der Waals surface area contributed by atoms with E-state index in [0.29, 0.717) is 19.6 Å². The monoisotopic (exact) mass is 555 g/mol. The zero-order valence-electron chi connectivity index (χ0n) is 21.9. The Bertz CT molecular complexity index is 1230. The van der Waals surface area contributed by atoms with E-state index in [-0.39, 0.29) is 49.1 Å². The fourth-order valence-corrected chi connectivity index (χ4v) is 3.85. The van der Waals surface area contributed by atoms with Crippen LogP contribution < -0.4 is 20.7 Å². The lowest BCUT2D eigenvalue weighted by molar-refractivity contribution is -0.274. The van der Waals surface area contributed by atoms with Crippen LogP contribution >= 0.6 is 0 Å². The molecule has 1 unspecified atom stereocenters. The largest absolute Gasteiger partial charge is 0.573 e. The van der Waals surface area contributed by atoms with Gasteiger partial charge in [-0.1, -0.05) is 12.6 Å². The molecule has 0 bridgehead atoms. The Balaban J connectivity index is 1.59. The molecule has 214 valence electrons. The molecule has 39 heavy (non-hydrogen) atoms. The van der Waals surface area contributed by atoms with Gasteiger partial charge in [0, 0.05) is 26.3 Å². The van der Waals surface area contributed by atoms with Crippen LogP contribution in [-0.4, -0.2) is 54.1 Å². The number of nitrogens with zero attached hydrogens (tertiary/aromatic N) is 3. The molecule has 10 nitrogen and oxygen atoms in total. The first kappa shape index (κ1) is 30.0. The molecule has 13 heteroatoms. The van der Waals surface area contributed by atoms with Gasteiger partial charge in [0.15, 0.2) is 6.29 Å². The zero-order chi connectivity index (χ0) is 28.4. The molecule has 0 aliphatic carbocycles. The first-order valence-corrected chi connectivity index (χ1v) is 12.4. The summed E-state index contributed by atoms with van der Waals surface area (Å²) in [6, 6.07) is 5.08. The fraction of sp³-hybridized carbons (Fsp3) is 0.500. The van der Waals surface area contributed by atoms with Gasteiger partial charge in [-0.15, -0.1) is 13.2 Å². The average molecular weight is 556 g/mol. The second-order valence-corrected chi connectivity index (χ2v) is 8.64. The van der Waals surface area contributed by atoms with Crippen LogP contribution in [0.2, 0.25) is 0 Å². The number of ether oxygens (including phenoxy) is 5. The van der Waals surface area contributed by atoms with E-state index in [1.54, 1.807) is 6.92 Å². The Kier molecular flexibility index (Phi) is 10.8. The van der Waals surface area contributed by atoms with Crippen LogP contribution in [0.5, 0.6) is 11.5 Å². The number of halogens is 3. The molecule has 0 radical (unpaired) electrons. The van der Waals surface area contributed by atoms with Crippen molar-refractivity contribution in [3.63, 3.8) is 0 Å². The van der Waals surface area contributed by atoms with Crippen molar-refractivity contribution in [2.75, 3.05) is 26.4 Å². The van der Waals surface area contributed by atoms with Crippen molar-refractivity contribution < 1.29 is 36.9 Å². The summed E-state index contributed by atoms with van der Waals surface area (Å²) in [5, 5.41) is 0. The SMILES string of the molecule is C=C/C(=N\c1c(C)c(=O)n(CCCOC2CCCCO2)c(=O)n1C)OCCOc1cccc(OC(F)(F)F)c1. The molecule has 0 spiro atoms. The van der Waals surface area contributed by atoms with E-state index in [1.165, 1.54) is 29.8 Å². The molecule has 0 N–H and O–H groups in total. The van der Waals surface area contributed by atoms with E-state index in [0.717, 1.165) is 36.0 Å². The lowest BCUT2D eigenvalue weighted by Crippen LogP contribution is -2.40. The third kappa shape index (κ3) is 8.99. The number of aliphatic imine (C=N–C) groups is 1. The van der Waals surface area contributed by atoms with Crippen LogP contribution in [0.1, 0.15) is 31.2 Å². The topological polar surface area (TPSA) is 103 Å². The number of hydrogen-bond acceptors (Lipinski definition) is 8. The lowest BCUT2D eigenvalue weighted by atomic mass is 10.2. The molecular formula is C26H32F3N3O7. The summed E-state index contributed by atoms with van der Waals surface area (Å²) in [5.74, 6) is -0.119. The number of rotatable bonds is 12. The Morgan fingerprint density at radius 3 is 2.67 bits per heavy atom. The maximum Gasteiger partial charge on any atom is 0.573 e. The standard InChI is InChI=1S/C26H32F3N3O7/c1-4-21(36-16-15-35-19-9-7-10-20(17-19)39-26(27,28)29)30-23-18(2)24(33)32(25(34)31(23)3)12-8-14-38-22-11-5-6-13-37-22/h4,7,9-10,17,22H,1,5-6,8,11-16H2,2-3H3/b30-21+. The van der Waals surface area contributed by atoms with Gasteiger partial charge in [0.25, 0.3) is 5.56 Å². The summed E-state index contributed by atoms with van der Waals surface area (Å²) in [4.78, 5) is 30.1. The Hall–Kier alpha value is -3.58. The first-order valence-electron chi connectivity index (χ1n) is 12.4. The van der Waals surface area contributed by atoms with Gasteiger partial charge < -0.3 is 23.7 Å². The highest BCUT2D eigenvalue weighted by Crippen LogP contribution is 2.26. The Morgan fingerprint density at radius 1 is 1.21 bits per heavy atom. The molecule has 1 saturated heterocycles. The molecule has 1 aromatic heterocycles. The third-order valence-corrected chi connectivity index (χ3v) is 5.74. The van der Waals surface area contributed by atoms with Crippen molar-refractivity contribution in [1.82, 2.24) is 9.13 Å². The summed E-state index contributed by atoms with van der Waals surface area (Å²) >= 11 is 0. The molecule has 2 heterocycles. The summed E-state index contributed by atoms with van der Waals surface area (Å²) < 4.78 is 65.6. The Labute approximate surface area is 223 Å². The highest BCUT2D eigenvalue weighted by atomic mass is 19.4. The van der Waals surface area contributed by atoms with Gasteiger partial charge in [-0.3, -0.25) is 13.9 Å². The van der Waals surface area contributed by atoms with Gasteiger partial charge in [-0.05, 0) is 50.8 Å². The van der Waals surface area contributed by atoms with Gasteiger partial charge in [-0.2, -0.15) is 4.99 Å². The average Bonchev–Trinajstić information content (AvgIpc) is 2.90. The van der Waals surface area contributed by atoms with E-state index in [4.69, 9.17) is 18.9 Å². The van der Waals surface area contributed by atoms with Crippen molar-refractivity contribution in [3.05, 3.63) is 63.3 Å². The second kappa shape index (κ2) is 14.0. The fourth-order valence-electron chi connectivity index (χ4n) is 3.85. The predicted octanol–water partition coefficient (Wildman–Crippen LogP) is 4.00. The van der Waals surface area contributed by atoms with E-state index < -0.39 is 23.4 Å². The van der Waals surface area contributed by atoms with Crippen molar-refractivity contribution >= 4 is 11.7 Å². The van der Waals surface area contributed by atoms with E-state index in [9.17, 15) is 22.8 Å². The summed E-state index contributed by atoms with van der Waals surface area (Å²) in [7, 11) is 1.50. The highest BCUT2D eigenvalue weighted by Gasteiger charge is 2.31. The zero-order valence-corrected chi connectivity index (χ0v) is 21.9. The van der Waals surface area contributed by atoms with Gasteiger partial charge in [0.2, 0.25) is 5.90 Å². The number of hydrogen-bond donors (Lipinski definition) is 0. The van der Waals surface area contributed by atoms with Gasteiger partial charge >= 0.3 is 12.1 Å². The molecule has 3 rings (SSSR count). The minimum atomic E-state index is -4.81. The van der Waals surface area contributed by atoms with Gasteiger partial charge in [0.1, 0.15) is 30.5 Å². The van der Waals surface area contributed by atoms with Crippen molar-refractivity contribution in [2.24, 2.45) is 12.0 Å². The smallest absolute Gasteiger partial charge is 0.490 e. The van der Waals surface area contributed by atoms with Crippen molar-refractivity contribution in [3.8, 4) is 11.5 Å². The highest BCUT2D eigenvalue weighted by molar-refractivity contribution is 5.89. The van der Waals surface area contributed by atoms with Crippen molar-refractivity contribution in [1.29, 1.82) is 0 Å². The van der Waals surface area contributed by atoms with Crippen LogP contribution in [0, 0.1) is 6.92 Å². The van der Waals surface area contributed by atoms with E-state index in [2.05, 4.69) is 16.3 Å². The molecule has 1 atom stereocenters. The maximum atomic E-state index is 12.9. The van der Waals surface area contributed by atoms with Crippen LogP contribution in [0.15, 0.2) is 51.5 Å². The van der Waals surface area contributed by atoms with E-state index >= 15 is 0 Å². The molecule has 0 amide bonds. The summed E-state index contributed by atoms with van der Waals surface area (Å²) in [6.45, 7) is 6.33. The van der Waals surface area contributed by atoms with Gasteiger partial charge in [0.05, 0.1) is 12.2 Å². The second-order valence-electron chi connectivity index (χ2n) is 8.64. The lowest BCUT2D eigenvalue weighted by Gasteiger charge is -2.22. The van der Waals surface area contributed by atoms with Crippen molar-refractivity contribution in [2.45, 2.75) is 51.8 Å².